The van der Waals surface area contributed by atoms with Gasteiger partial charge in [0.1, 0.15) is 11.5 Å². The molecule has 7 rings (SSSR count). The summed E-state index contributed by atoms with van der Waals surface area (Å²) in [5.41, 5.74) is 8.65. The summed E-state index contributed by atoms with van der Waals surface area (Å²) in [5.74, 6) is 1.57. The number of methoxy groups -OCH3 is 2. The first kappa shape index (κ1) is 40.6. The van der Waals surface area contributed by atoms with E-state index in [9.17, 15) is 9.59 Å². The van der Waals surface area contributed by atoms with Gasteiger partial charge in [0.2, 0.25) is 0 Å². The summed E-state index contributed by atoms with van der Waals surface area (Å²) in [4.78, 5) is 44.1. The molecule has 2 aromatic carbocycles. The summed E-state index contributed by atoms with van der Waals surface area (Å²) < 4.78 is 12.5. The number of hydrogen-bond donors (Lipinski definition) is 2. The number of halogens is 1. The number of H-pyrrole nitrogens is 2. The number of rotatable bonds is 5. The summed E-state index contributed by atoms with van der Waals surface area (Å²) in [7, 11) is 3.35. The minimum atomic E-state index is -0.183. The number of aromatic nitrogens is 5. The maximum absolute atomic E-state index is 12.6. The second-order valence-corrected chi connectivity index (χ2v) is 16.1. The largest absolute Gasteiger partial charge is 0.496 e. The molecule has 0 saturated heterocycles. The van der Waals surface area contributed by atoms with E-state index < -0.39 is 0 Å². The Balaban J connectivity index is 0.000000212. The summed E-state index contributed by atoms with van der Waals surface area (Å²) in [6, 6.07) is 19.4. The van der Waals surface area contributed by atoms with E-state index in [1.54, 1.807) is 32.8 Å². The number of nitrogens with zero attached hydrogens (tertiary/aromatic N) is 3. The second-order valence-electron chi connectivity index (χ2n) is 15.2. The van der Waals surface area contributed by atoms with Gasteiger partial charge in [0.25, 0.3) is 11.1 Å². The van der Waals surface area contributed by atoms with Crippen molar-refractivity contribution in [3.8, 4) is 44.9 Å². The first-order chi connectivity index (χ1) is 25.6. The minimum absolute atomic E-state index is 0. The van der Waals surface area contributed by atoms with Gasteiger partial charge in [-0.3, -0.25) is 24.5 Å². The number of aromatic amines is 2. The lowest BCUT2D eigenvalue weighted by Gasteiger charge is -2.25. The maximum Gasteiger partial charge on any atom is 0.255 e. The van der Waals surface area contributed by atoms with Crippen LogP contribution in [-0.4, -0.2) is 39.1 Å². The zero-order valence-electron chi connectivity index (χ0n) is 32.0. The van der Waals surface area contributed by atoms with Crippen molar-refractivity contribution in [2.45, 2.75) is 66.7 Å². The van der Waals surface area contributed by atoms with Crippen molar-refractivity contribution in [1.29, 1.82) is 0 Å². The molecule has 0 aliphatic heterocycles. The Labute approximate surface area is 330 Å². The number of nitrogens with one attached hydrogen (secondary N) is 2. The fraction of sp³-hybridized carbons (Fsp3) is 0.267. The van der Waals surface area contributed by atoms with Crippen molar-refractivity contribution < 1.29 is 9.47 Å². The van der Waals surface area contributed by atoms with Crippen molar-refractivity contribution in [2.24, 2.45) is 0 Å². The number of fused-ring (bicyclic) bond motifs is 2. The first-order valence-electron chi connectivity index (χ1n) is 17.6. The topological polar surface area (TPSA) is 123 Å². The number of ether oxygens (including phenoxy) is 2. The van der Waals surface area contributed by atoms with E-state index in [2.05, 4.69) is 83.5 Å². The summed E-state index contributed by atoms with van der Waals surface area (Å²) >= 11 is 3.48. The molecule has 5 heterocycles. The summed E-state index contributed by atoms with van der Waals surface area (Å²) in [6.45, 7) is 14.7. The van der Waals surface area contributed by atoms with Crippen LogP contribution in [0.1, 0.15) is 65.8 Å². The van der Waals surface area contributed by atoms with Crippen LogP contribution in [0, 0.1) is 6.92 Å². The van der Waals surface area contributed by atoms with Gasteiger partial charge in [-0.2, -0.15) is 0 Å². The normalized spacial score (nSPS) is 11.5. The van der Waals surface area contributed by atoms with Crippen LogP contribution in [-0.2, 0) is 10.8 Å². The Morgan fingerprint density at radius 2 is 1.07 bits per heavy atom. The number of aryl methyl sites for hydroxylation is 1. The highest BCUT2D eigenvalue weighted by molar-refractivity contribution is 9.10. The second kappa shape index (κ2) is 16.0. The van der Waals surface area contributed by atoms with Crippen molar-refractivity contribution in [3.05, 3.63) is 134 Å². The van der Waals surface area contributed by atoms with Crippen LogP contribution in [0.15, 0.2) is 106 Å². The standard InChI is InChI=1S/C25H25N3O2.C19H19BrN2O2.CH4/c1-15-8-9-16(13-27-15)17-11-20-22(28-14-17)19(18-7-6-10-26-24(18)29)12-21(23(20)30-5)25(2,3)4;1-19(2,3)15-9-13(12-6-5-7-21-18(12)23)16-14(17(15)24-4)8-11(20)10-22-16;/h6-14H,1-5H3,(H,26,29);5-10H,1-4H3,(H,21,23);1H4. The Morgan fingerprint density at radius 3 is 1.51 bits per heavy atom. The zero-order valence-corrected chi connectivity index (χ0v) is 33.6. The zero-order chi connectivity index (χ0) is 38.9. The molecule has 0 aliphatic carbocycles. The van der Waals surface area contributed by atoms with Gasteiger partial charge >= 0.3 is 0 Å². The molecule has 0 bridgehead atoms. The molecule has 0 unspecified atom stereocenters. The highest BCUT2D eigenvalue weighted by Crippen LogP contribution is 2.43. The first-order valence-corrected chi connectivity index (χ1v) is 18.4. The SMILES string of the molecule is C.COc1c(C(C)(C)C)cc(-c2ccc[nH]c2=O)c2ncc(-c3ccc(C)nc3)cc12.COc1c(C(C)(C)C)cc(-c2ccc[nH]c2=O)c2ncc(Br)cc12. The van der Waals surface area contributed by atoms with E-state index in [-0.39, 0.29) is 29.4 Å². The van der Waals surface area contributed by atoms with E-state index in [1.807, 2.05) is 73.9 Å². The summed E-state index contributed by atoms with van der Waals surface area (Å²) in [6.07, 6.45) is 8.68. The molecule has 0 amide bonds. The molecule has 55 heavy (non-hydrogen) atoms. The van der Waals surface area contributed by atoms with Gasteiger partial charge < -0.3 is 19.4 Å². The van der Waals surface area contributed by atoms with E-state index in [1.165, 1.54) is 0 Å². The molecule has 0 saturated carbocycles. The molecule has 0 fully saturated rings. The fourth-order valence-electron chi connectivity index (χ4n) is 6.55. The van der Waals surface area contributed by atoms with E-state index >= 15 is 0 Å². The van der Waals surface area contributed by atoms with Crippen LogP contribution in [0.3, 0.4) is 0 Å². The van der Waals surface area contributed by atoms with E-state index in [0.29, 0.717) is 11.1 Å². The molecule has 0 spiro atoms. The van der Waals surface area contributed by atoms with Gasteiger partial charge in [-0.15, -0.1) is 0 Å². The van der Waals surface area contributed by atoms with Gasteiger partial charge in [0.15, 0.2) is 0 Å². The van der Waals surface area contributed by atoms with Crippen molar-refractivity contribution in [2.75, 3.05) is 14.2 Å². The number of pyridine rings is 5. The number of hydrogen-bond acceptors (Lipinski definition) is 7. The quantitative estimate of drug-likeness (QED) is 0.178. The third-order valence-electron chi connectivity index (χ3n) is 9.29. The minimum Gasteiger partial charge on any atom is -0.496 e. The molecule has 0 radical (unpaired) electrons. The monoisotopic (exact) mass is 801 g/mol. The molecule has 5 aromatic heterocycles. The van der Waals surface area contributed by atoms with E-state index in [0.717, 1.165) is 76.9 Å². The molecular formula is C45H48BrN5O4. The fourth-order valence-corrected chi connectivity index (χ4v) is 6.89. The Bertz CT molecular complexity index is 2620. The Hall–Kier alpha value is -5.61. The van der Waals surface area contributed by atoms with Crippen LogP contribution in [0.2, 0.25) is 0 Å². The highest BCUT2D eigenvalue weighted by atomic mass is 79.9. The average molecular weight is 803 g/mol. The molecule has 7 aromatic rings. The van der Waals surface area contributed by atoms with Gasteiger partial charge in [0, 0.05) is 96.4 Å². The predicted octanol–water partition coefficient (Wildman–Crippen LogP) is 10.6. The van der Waals surface area contributed by atoms with Gasteiger partial charge in [-0.05, 0) is 88.3 Å². The van der Waals surface area contributed by atoms with Crippen molar-refractivity contribution >= 4 is 37.7 Å². The van der Waals surface area contributed by atoms with Gasteiger partial charge in [-0.25, -0.2) is 0 Å². The molecular weight excluding hydrogens is 754 g/mol. The smallest absolute Gasteiger partial charge is 0.255 e. The van der Waals surface area contributed by atoms with Crippen LogP contribution in [0.25, 0.3) is 55.2 Å². The van der Waals surface area contributed by atoms with Crippen LogP contribution >= 0.6 is 15.9 Å². The molecule has 9 nitrogen and oxygen atoms in total. The molecule has 284 valence electrons. The van der Waals surface area contributed by atoms with Gasteiger partial charge in [0.05, 0.1) is 25.3 Å². The Morgan fingerprint density at radius 1 is 0.600 bits per heavy atom. The molecule has 0 atom stereocenters. The van der Waals surface area contributed by atoms with Crippen LogP contribution in [0.5, 0.6) is 11.5 Å². The third kappa shape index (κ3) is 8.24. The molecule has 0 aliphatic rings. The van der Waals surface area contributed by atoms with Gasteiger partial charge in [-0.1, -0.05) is 55.0 Å². The highest BCUT2D eigenvalue weighted by Gasteiger charge is 2.26. The third-order valence-corrected chi connectivity index (χ3v) is 9.73. The van der Waals surface area contributed by atoms with Crippen LogP contribution < -0.4 is 20.6 Å². The lowest BCUT2D eigenvalue weighted by atomic mass is 9.83. The number of benzene rings is 2. The van der Waals surface area contributed by atoms with Crippen molar-refractivity contribution in [1.82, 2.24) is 24.9 Å². The molecule has 2 N–H and O–H groups in total. The Kier molecular flexibility index (Phi) is 11.8. The van der Waals surface area contributed by atoms with Crippen LogP contribution in [0.4, 0.5) is 0 Å². The van der Waals surface area contributed by atoms with E-state index in [4.69, 9.17) is 14.5 Å². The average Bonchev–Trinajstić information content (AvgIpc) is 3.13. The molecule has 10 heteroatoms. The predicted molar refractivity (Wildman–Crippen MR) is 229 cm³/mol. The van der Waals surface area contributed by atoms with Crippen molar-refractivity contribution in [3.63, 3.8) is 0 Å². The summed E-state index contributed by atoms with van der Waals surface area (Å²) in [5, 5.41) is 1.76. The maximum atomic E-state index is 12.6. The lowest BCUT2D eigenvalue weighted by Crippen LogP contribution is -2.15. The lowest BCUT2D eigenvalue weighted by molar-refractivity contribution is 0.402.